The van der Waals surface area contributed by atoms with Gasteiger partial charge in [0.25, 0.3) is 0 Å². The predicted octanol–water partition coefficient (Wildman–Crippen LogP) is 9.73. The van der Waals surface area contributed by atoms with Crippen molar-refractivity contribution in [2.45, 2.75) is 0 Å². The normalized spacial score (nSPS) is 11.6. The fraction of sp³-hybridized carbons (Fsp3) is 0. The summed E-state index contributed by atoms with van der Waals surface area (Å²) in [6, 6.07) is 41.5. The molecule has 188 valence electrons. The molecule has 0 bridgehead atoms. The van der Waals surface area contributed by atoms with Crippen LogP contribution in [0.3, 0.4) is 0 Å². The lowest BCUT2D eigenvalue weighted by atomic mass is 9.97. The number of fused-ring (bicyclic) bond motifs is 5. The summed E-state index contributed by atoms with van der Waals surface area (Å²) in [4.78, 5) is 14.0. The molecule has 2 aromatic heterocycles. The number of aromatic nitrogens is 3. The van der Waals surface area contributed by atoms with Gasteiger partial charge in [0, 0.05) is 16.3 Å². The van der Waals surface area contributed by atoms with Crippen molar-refractivity contribution in [1.82, 2.24) is 15.0 Å². The van der Waals surface area contributed by atoms with Gasteiger partial charge in [0.15, 0.2) is 11.6 Å². The molecule has 4 nitrogen and oxygen atoms in total. The summed E-state index contributed by atoms with van der Waals surface area (Å²) in [5.74, 6) is 0.991. The first-order valence-electron chi connectivity index (χ1n) is 13.1. The zero-order valence-corrected chi connectivity index (χ0v) is 21.9. The molecule has 0 spiro atoms. The van der Waals surface area contributed by atoms with Gasteiger partial charge >= 0.3 is 0 Å². The minimum absolute atomic E-state index is 0.135. The summed E-state index contributed by atoms with van der Waals surface area (Å²) >= 11 is 6.53. The molecule has 0 aliphatic heterocycles. The second kappa shape index (κ2) is 9.01. The summed E-state index contributed by atoms with van der Waals surface area (Å²) in [6.45, 7) is 0. The van der Waals surface area contributed by atoms with Gasteiger partial charge in [-0.2, -0.15) is 9.97 Å². The Hall–Kier alpha value is -5.06. The molecule has 0 saturated heterocycles. The van der Waals surface area contributed by atoms with Gasteiger partial charge in [-0.1, -0.05) is 109 Å². The molecule has 8 aromatic rings. The Kier molecular flexibility index (Phi) is 5.15. The van der Waals surface area contributed by atoms with Crippen LogP contribution in [0, 0.1) is 0 Å². The van der Waals surface area contributed by atoms with E-state index in [0.717, 1.165) is 49.4 Å². The van der Waals surface area contributed by atoms with E-state index in [1.165, 1.54) is 16.3 Å². The van der Waals surface area contributed by atoms with Crippen molar-refractivity contribution in [1.29, 1.82) is 0 Å². The Balaban J connectivity index is 1.30. The van der Waals surface area contributed by atoms with Gasteiger partial charge in [0.1, 0.15) is 11.2 Å². The summed E-state index contributed by atoms with van der Waals surface area (Å²) < 4.78 is 6.39. The van der Waals surface area contributed by atoms with Gasteiger partial charge in [-0.25, -0.2) is 4.98 Å². The largest absolute Gasteiger partial charge is 0.455 e. The Morgan fingerprint density at radius 1 is 0.500 bits per heavy atom. The monoisotopic (exact) mass is 533 g/mol. The van der Waals surface area contributed by atoms with E-state index in [9.17, 15) is 0 Å². The van der Waals surface area contributed by atoms with Crippen molar-refractivity contribution in [3.63, 3.8) is 0 Å². The molecule has 0 atom stereocenters. The van der Waals surface area contributed by atoms with Crippen molar-refractivity contribution in [3.05, 3.63) is 127 Å². The van der Waals surface area contributed by atoms with E-state index in [4.69, 9.17) is 21.0 Å². The number of para-hydroxylation sites is 1. The van der Waals surface area contributed by atoms with Crippen molar-refractivity contribution < 1.29 is 4.42 Å². The molecule has 0 amide bonds. The van der Waals surface area contributed by atoms with Gasteiger partial charge < -0.3 is 4.42 Å². The van der Waals surface area contributed by atoms with Crippen LogP contribution in [0.2, 0.25) is 5.28 Å². The first kappa shape index (κ1) is 22.9. The van der Waals surface area contributed by atoms with Crippen molar-refractivity contribution >= 4 is 55.1 Å². The first-order chi connectivity index (χ1) is 19.7. The fourth-order valence-electron chi connectivity index (χ4n) is 5.61. The number of halogens is 1. The highest BCUT2D eigenvalue weighted by atomic mass is 35.5. The third-order valence-corrected chi connectivity index (χ3v) is 7.64. The maximum Gasteiger partial charge on any atom is 0.226 e. The lowest BCUT2D eigenvalue weighted by molar-refractivity contribution is 0.670. The summed E-state index contributed by atoms with van der Waals surface area (Å²) in [5.41, 5.74) is 5.52. The van der Waals surface area contributed by atoms with E-state index < -0.39 is 0 Å². The Labute approximate surface area is 234 Å². The zero-order chi connectivity index (χ0) is 26.6. The van der Waals surface area contributed by atoms with Crippen molar-refractivity contribution in [2.24, 2.45) is 0 Å². The van der Waals surface area contributed by atoms with Crippen molar-refractivity contribution in [2.75, 3.05) is 0 Å². The number of nitrogens with zero attached hydrogens (tertiary/aromatic N) is 3. The standard InChI is InChI=1S/C35H20ClN3O/c36-35-38-33(23-18-16-22(17-19-23)26-14-7-10-21-8-1-3-11-25(21)26)37-34(39-35)31-27-12-4-2-9-24(27)20-29-28-13-5-6-15-30(28)40-32(29)31/h1-20H. The summed E-state index contributed by atoms with van der Waals surface area (Å²) in [5, 5.41) is 6.70. The average Bonchev–Trinajstić information content (AvgIpc) is 3.37. The van der Waals surface area contributed by atoms with Crippen LogP contribution >= 0.6 is 11.6 Å². The van der Waals surface area contributed by atoms with Crippen LogP contribution in [0.5, 0.6) is 0 Å². The minimum Gasteiger partial charge on any atom is -0.455 e. The number of furan rings is 1. The van der Waals surface area contributed by atoms with E-state index in [2.05, 4.69) is 88.8 Å². The van der Waals surface area contributed by atoms with E-state index in [1.807, 2.05) is 42.5 Å². The summed E-state index contributed by atoms with van der Waals surface area (Å²) in [7, 11) is 0. The molecular weight excluding hydrogens is 514 g/mol. The lowest BCUT2D eigenvalue weighted by Gasteiger charge is -2.10. The smallest absolute Gasteiger partial charge is 0.226 e. The third kappa shape index (κ3) is 3.65. The molecule has 8 rings (SSSR count). The number of benzene rings is 6. The highest BCUT2D eigenvalue weighted by molar-refractivity contribution is 6.28. The van der Waals surface area contributed by atoms with Crippen LogP contribution < -0.4 is 0 Å². The van der Waals surface area contributed by atoms with Gasteiger partial charge in [0.2, 0.25) is 5.28 Å². The van der Waals surface area contributed by atoms with E-state index >= 15 is 0 Å². The SMILES string of the molecule is Clc1nc(-c2ccc(-c3cccc4ccccc34)cc2)nc(-c2c3ccccc3cc3c2oc2ccccc23)n1. The van der Waals surface area contributed by atoms with Crippen LogP contribution in [0.25, 0.3) is 77.4 Å². The molecule has 2 heterocycles. The van der Waals surface area contributed by atoms with Crippen molar-refractivity contribution in [3.8, 4) is 33.9 Å². The van der Waals surface area contributed by atoms with Crippen LogP contribution in [-0.4, -0.2) is 15.0 Å². The fourth-order valence-corrected chi connectivity index (χ4v) is 5.77. The van der Waals surface area contributed by atoms with E-state index in [1.54, 1.807) is 0 Å². The Morgan fingerprint density at radius 2 is 1.15 bits per heavy atom. The minimum atomic E-state index is 0.135. The maximum atomic E-state index is 6.53. The molecule has 0 saturated carbocycles. The Morgan fingerprint density at radius 3 is 2.00 bits per heavy atom. The number of hydrogen-bond acceptors (Lipinski definition) is 4. The second-order valence-electron chi connectivity index (χ2n) is 9.80. The molecule has 0 N–H and O–H groups in total. The van der Waals surface area contributed by atoms with E-state index in [0.29, 0.717) is 11.6 Å². The maximum absolute atomic E-state index is 6.53. The quantitative estimate of drug-likeness (QED) is 0.227. The highest BCUT2D eigenvalue weighted by Crippen LogP contribution is 2.40. The van der Waals surface area contributed by atoms with Gasteiger partial charge in [-0.05, 0) is 56.4 Å². The zero-order valence-electron chi connectivity index (χ0n) is 21.2. The van der Waals surface area contributed by atoms with Gasteiger partial charge in [0.05, 0.1) is 5.56 Å². The number of hydrogen-bond donors (Lipinski definition) is 0. The molecule has 5 heteroatoms. The third-order valence-electron chi connectivity index (χ3n) is 7.47. The predicted molar refractivity (Wildman–Crippen MR) is 163 cm³/mol. The molecule has 0 unspecified atom stereocenters. The summed E-state index contributed by atoms with van der Waals surface area (Å²) in [6.07, 6.45) is 0. The van der Waals surface area contributed by atoms with Crippen LogP contribution in [0.1, 0.15) is 0 Å². The molecule has 40 heavy (non-hydrogen) atoms. The molecule has 6 aromatic carbocycles. The van der Waals surface area contributed by atoms with E-state index in [-0.39, 0.29) is 5.28 Å². The topological polar surface area (TPSA) is 51.8 Å². The molecule has 0 radical (unpaired) electrons. The molecule has 0 aliphatic carbocycles. The van der Waals surface area contributed by atoms with Crippen LogP contribution in [-0.2, 0) is 0 Å². The highest BCUT2D eigenvalue weighted by Gasteiger charge is 2.20. The number of rotatable bonds is 3. The first-order valence-corrected chi connectivity index (χ1v) is 13.4. The molecule has 0 fully saturated rings. The van der Waals surface area contributed by atoms with Crippen LogP contribution in [0.4, 0.5) is 0 Å². The van der Waals surface area contributed by atoms with Gasteiger partial charge in [-0.3, -0.25) is 0 Å². The average molecular weight is 534 g/mol. The van der Waals surface area contributed by atoms with Gasteiger partial charge in [-0.15, -0.1) is 0 Å². The Bertz CT molecular complexity index is 2230. The second-order valence-corrected chi connectivity index (χ2v) is 10.1. The molecule has 0 aliphatic rings. The lowest BCUT2D eigenvalue weighted by Crippen LogP contribution is -1.98. The van der Waals surface area contributed by atoms with Crippen LogP contribution in [0.15, 0.2) is 126 Å². The molecular formula is C35H20ClN3O.